The van der Waals surface area contributed by atoms with Gasteiger partial charge in [-0.25, -0.2) is 9.37 Å². The summed E-state index contributed by atoms with van der Waals surface area (Å²) in [7, 11) is 0. The third kappa shape index (κ3) is 4.66. The minimum Gasteiger partial charge on any atom is -0.378 e. The number of hydrogen-bond acceptors (Lipinski definition) is 5. The molecule has 0 aliphatic carbocycles. The summed E-state index contributed by atoms with van der Waals surface area (Å²) >= 11 is 0. The number of rotatable bonds is 4. The number of hydrogen-bond donors (Lipinski definition) is 1. The zero-order chi connectivity index (χ0) is 26.5. The second-order valence-corrected chi connectivity index (χ2v) is 10.0. The molecule has 37 heavy (non-hydrogen) atoms. The van der Waals surface area contributed by atoms with Crippen LogP contribution in [-0.4, -0.2) is 51.4 Å². The number of benzene rings is 1. The minimum atomic E-state index is -0.948. The van der Waals surface area contributed by atoms with Gasteiger partial charge in [0.25, 0.3) is 5.91 Å². The molecule has 1 aliphatic heterocycles. The van der Waals surface area contributed by atoms with Crippen molar-refractivity contribution in [2.45, 2.75) is 33.2 Å². The number of anilines is 2. The number of carbonyl (C=O) groups excluding carboxylic acids is 1. The first-order chi connectivity index (χ1) is 17.5. The maximum atomic E-state index is 14.9. The molecule has 0 spiro atoms. The highest BCUT2D eigenvalue weighted by Gasteiger charge is 2.24. The zero-order valence-corrected chi connectivity index (χ0v) is 21.0. The topological polar surface area (TPSA) is 76.7 Å². The van der Waals surface area contributed by atoms with Gasteiger partial charge in [0.1, 0.15) is 11.4 Å². The minimum absolute atomic E-state index is 0.132. The number of fused-ring (bicyclic) bond motifs is 1. The summed E-state index contributed by atoms with van der Waals surface area (Å²) in [5.41, 5.74) is 1.97. The number of carbonyl (C=O) groups is 1. The van der Waals surface area contributed by atoms with Gasteiger partial charge in [-0.3, -0.25) is 13.9 Å². The van der Waals surface area contributed by atoms with Gasteiger partial charge in [-0.15, -0.1) is 5.10 Å². The second-order valence-electron chi connectivity index (χ2n) is 10.0. The highest BCUT2D eigenvalue weighted by Crippen LogP contribution is 2.34. The molecule has 1 amide bonds. The molecule has 0 bridgehead atoms. The first kappa shape index (κ1) is 24.8. The number of imidazole rings is 1. The van der Waals surface area contributed by atoms with Gasteiger partial charge in [0.15, 0.2) is 5.65 Å². The van der Waals surface area contributed by atoms with E-state index in [9.17, 15) is 18.0 Å². The maximum Gasteiger partial charge on any atom is 0.262 e. The third-order valence-electron chi connectivity index (χ3n) is 6.37. The lowest BCUT2D eigenvalue weighted by Crippen LogP contribution is -2.36. The first-order valence-electron chi connectivity index (χ1n) is 11.9. The van der Waals surface area contributed by atoms with E-state index < -0.39 is 29.2 Å². The van der Waals surface area contributed by atoms with Gasteiger partial charge in [0.2, 0.25) is 11.9 Å². The van der Waals surface area contributed by atoms with Crippen LogP contribution >= 0.6 is 0 Å². The molecule has 4 heterocycles. The van der Waals surface area contributed by atoms with E-state index in [1.807, 2.05) is 26.8 Å². The molecule has 1 N–H and O–H groups in total. The lowest BCUT2D eigenvalue weighted by Gasteiger charge is -2.29. The van der Waals surface area contributed by atoms with Crippen molar-refractivity contribution in [2.24, 2.45) is 0 Å². The van der Waals surface area contributed by atoms with Crippen LogP contribution in [0.1, 0.15) is 36.7 Å². The Morgan fingerprint density at radius 3 is 2.49 bits per heavy atom. The van der Waals surface area contributed by atoms with E-state index in [4.69, 9.17) is 4.74 Å². The van der Waals surface area contributed by atoms with Gasteiger partial charge in [-0.1, -0.05) is 0 Å². The number of aryl methyl sites for hydroxylation is 1. The maximum absolute atomic E-state index is 14.9. The van der Waals surface area contributed by atoms with Crippen molar-refractivity contribution in [2.75, 3.05) is 36.5 Å². The number of morpholine rings is 1. The summed E-state index contributed by atoms with van der Waals surface area (Å²) in [5.74, 6) is -2.99. The van der Waals surface area contributed by atoms with Gasteiger partial charge >= 0.3 is 0 Å². The molecule has 8 nitrogen and oxygen atoms in total. The highest BCUT2D eigenvalue weighted by molar-refractivity contribution is 6.04. The molecule has 1 fully saturated rings. The van der Waals surface area contributed by atoms with E-state index in [-0.39, 0.29) is 11.3 Å². The summed E-state index contributed by atoms with van der Waals surface area (Å²) in [6, 6.07) is 4.61. The molecule has 3 aromatic heterocycles. The van der Waals surface area contributed by atoms with Gasteiger partial charge in [-0.05, 0) is 57.0 Å². The number of ether oxygens (including phenoxy) is 1. The number of nitrogens with zero attached hydrogens (tertiary/aromatic N) is 5. The highest BCUT2D eigenvalue weighted by atomic mass is 19.1. The number of aromatic nitrogens is 4. The molecule has 1 aromatic carbocycles. The molecular formula is C26H27F3N6O2. The summed E-state index contributed by atoms with van der Waals surface area (Å²) in [6.07, 6.45) is 4.03. The third-order valence-corrected chi connectivity index (χ3v) is 6.37. The van der Waals surface area contributed by atoms with Gasteiger partial charge in [0, 0.05) is 31.0 Å². The van der Waals surface area contributed by atoms with Crippen LogP contribution in [0, 0.1) is 24.6 Å². The predicted molar refractivity (Wildman–Crippen MR) is 133 cm³/mol. The van der Waals surface area contributed by atoms with E-state index in [1.54, 1.807) is 13.1 Å². The van der Waals surface area contributed by atoms with Gasteiger partial charge in [0.05, 0.1) is 36.3 Å². The molecular weight excluding hydrogens is 485 g/mol. The first-order valence-corrected chi connectivity index (χ1v) is 11.9. The van der Waals surface area contributed by atoms with Crippen LogP contribution in [0.15, 0.2) is 36.8 Å². The normalized spacial score (nSPS) is 14.4. The summed E-state index contributed by atoms with van der Waals surface area (Å²) in [6.45, 7) is 9.48. The summed E-state index contributed by atoms with van der Waals surface area (Å²) in [4.78, 5) is 19.1. The molecule has 1 aliphatic rings. The van der Waals surface area contributed by atoms with Crippen LogP contribution in [0.4, 0.5) is 24.5 Å². The van der Waals surface area contributed by atoms with Crippen molar-refractivity contribution in [3.8, 4) is 11.1 Å². The van der Waals surface area contributed by atoms with Crippen molar-refractivity contribution in [3.05, 3.63) is 65.6 Å². The Morgan fingerprint density at radius 2 is 1.81 bits per heavy atom. The number of pyridine rings is 1. The Bertz CT molecular complexity index is 1500. The molecule has 0 radical (unpaired) electrons. The average Bonchev–Trinajstić information content (AvgIpc) is 3.43. The lowest BCUT2D eigenvalue weighted by atomic mass is 10.00. The molecule has 4 aromatic rings. The lowest BCUT2D eigenvalue weighted by molar-refractivity contribution is 0.102. The number of nitrogens with one attached hydrogen (secondary N) is 1. The predicted octanol–water partition coefficient (Wildman–Crippen LogP) is 4.77. The van der Waals surface area contributed by atoms with E-state index in [1.165, 1.54) is 27.4 Å². The number of halogens is 3. The summed E-state index contributed by atoms with van der Waals surface area (Å²) in [5, 5.41) is 6.23. The van der Waals surface area contributed by atoms with Crippen LogP contribution in [0.2, 0.25) is 0 Å². The van der Waals surface area contributed by atoms with Crippen molar-refractivity contribution in [1.82, 2.24) is 19.2 Å². The average molecular weight is 513 g/mol. The fraction of sp³-hybridized carbons (Fsp3) is 0.346. The van der Waals surface area contributed by atoms with Crippen LogP contribution in [0.3, 0.4) is 0 Å². The second kappa shape index (κ2) is 9.22. The Morgan fingerprint density at radius 1 is 1.08 bits per heavy atom. The Labute approximate surface area is 211 Å². The molecule has 0 saturated carbocycles. The monoisotopic (exact) mass is 512 g/mol. The van der Waals surface area contributed by atoms with Gasteiger partial charge in [-0.2, -0.15) is 8.78 Å². The molecule has 11 heteroatoms. The Balaban J connectivity index is 1.55. The fourth-order valence-corrected chi connectivity index (χ4v) is 4.34. The zero-order valence-electron chi connectivity index (χ0n) is 21.0. The summed E-state index contributed by atoms with van der Waals surface area (Å²) < 4.78 is 52.1. The largest absolute Gasteiger partial charge is 0.378 e. The van der Waals surface area contributed by atoms with Crippen LogP contribution in [-0.2, 0) is 10.3 Å². The molecule has 194 valence electrons. The van der Waals surface area contributed by atoms with Crippen molar-refractivity contribution in [3.63, 3.8) is 0 Å². The van der Waals surface area contributed by atoms with Crippen molar-refractivity contribution >= 4 is 22.9 Å². The van der Waals surface area contributed by atoms with Crippen LogP contribution in [0.5, 0.6) is 0 Å². The van der Waals surface area contributed by atoms with Gasteiger partial charge < -0.3 is 15.0 Å². The van der Waals surface area contributed by atoms with Crippen LogP contribution < -0.4 is 10.2 Å². The van der Waals surface area contributed by atoms with E-state index in [0.29, 0.717) is 48.6 Å². The SMILES string of the molecule is Cc1cc(F)c(NC(=O)c2cn(C(C)(C)C)nc2F)cc1-c1cc(N2CCOCC2)c2ncc(F)n2c1. The van der Waals surface area contributed by atoms with E-state index >= 15 is 0 Å². The Hall–Kier alpha value is -3.86. The fourth-order valence-electron chi connectivity index (χ4n) is 4.34. The van der Waals surface area contributed by atoms with E-state index in [0.717, 1.165) is 11.9 Å². The smallest absolute Gasteiger partial charge is 0.262 e. The molecule has 5 rings (SSSR count). The molecule has 0 atom stereocenters. The molecule has 1 saturated heterocycles. The quantitative estimate of drug-likeness (QED) is 0.427. The Kier molecular flexibility index (Phi) is 6.18. The van der Waals surface area contributed by atoms with E-state index in [2.05, 4.69) is 20.3 Å². The molecule has 0 unspecified atom stereocenters. The van der Waals surface area contributed by atoms with Crippen LogP contribution in [0.25, 0.3) is 16.8 Å². The standard InChI is InChI=1S/C26H27F3N6O2/c1-15-9-19(27)20(31-25(36)18-14-35(26(2,3)4)32-23(18)29)11-17(15)16-10-21(33-5-7-37-8-6-33)24-30-12-22(28)34(24)13-16/h9-14H,5-8H2,1-4H3,(H,31,36). The van der Waals surface area contributed by atoms with Crippen molar-refractivity contribution in [1.29, 1.82) is 0 Å². The number of amides is 1. The van der Waals surface area contributed by atoms with Crippen molar-refractivity contribution < 1.29 is 22.7 Å².